The molecule has 0 saturated heterocycles. The molecule has 1 heterocycles. The molecule has 1 saturated carbocycles. The van der Waals surface area contributed by atoms with Crippen molar-refractivity contribution in [2.24, 2.45) is 5.73 Å². The van der Waals surface area contributed by atoms with E-state index >= 15 is 0 Å². The summed E-state index contributed by atoms with van der Waals surface area (Å²) in [6.45, 7) is 0. The highest BCUT2D eigenvalue weighted by atomic mass is 19.1. The Balaban J connectivity index is 1.61. The summed E-state index contributed by atoms with van der Waals surface area (Å²) >= 11 is 0. The molecule has 1 aliphatic rings. The Kier molecular flexibility index (Phi) is 5.72. The number of amides is 1. The fourth-order valence-electron chi connectivity index (χ4n) is 3.74. The number of nitrogens with one attached hydrogen (secondary N) is 1. The van der Waals surface area contributed by atoms with Gasteiger partial charge in [0.15, 0.2) is 0 Å². The number of anilines is 1. The number of carbonyl (C=O) groups is 1. The van der Waals surface area contributed by atoms with Crippen LogP contribution in [0.15, 0.2) is 60.8 Å². The molecule has 1 aliphatic carbocycles. The number of nitrogens with zero attached hydrogens (tertiary/aromatic N) is 1. The predicted octanol–water partition coefficient (Wildman–Crippen LogP) is 4.22. The summed E-state index contributed by atoms with van der Waals surface area (Å²) in [5.41, 5.74) is 7.44. The summed E-state index contributed by atoms with van der Waals surface area (Å²) in [5, 5.41) is 13.2. The Morgan fingerprint density at radius 3 is 2.53 bits per heavy atom. The number of ether oxygens (including phenoxy) is 1. The second-order valence-corrected chi connectivity index (χ2v) is 7.52. The lowest BCUT2D eigenvalue weighted by atomic mass is 9.92. The molecule has 0 radical (unpaired) electrons. The summed E-state index contributed by atoms with van der Waals surface area (Å²) in [4.78, 5) is 11.9. The van der Waals surface area contributed by atoms with Crippen LogP contribution in [0.25, 0.3) is 5.69 Å². The Morgan fingerprint density at radius 2 is 1.83 bits per heavy atom. The van der Waals surface area contributed by atoms with Gasteiger partial charge in [0.25, 0.3) is 5.91 Å². The third-order valence-electron chi connectivity index (χ3n) is 5.35. The number of carbonyl (C=O) groups excluding carboxylic acids is 1. The van der Waals surface area contributed by atoms with Crippen LogP contribution in [0.5, 0.6) is 11.6 Å². The average molecular weight is 409 g/mol. The van der Waals surface area contributed by atoms with Crippen molar-refractivity contribution in [2.45, 2.75) is 37.8 Å². The molecule has 3 aromatic rings. The fraction of sp³-hybridized carbons (Fsp3) is 0.261. The van der Waals surface area contributed by atoms with Gasteiger partial charge in [0, 0.05) is 24.0 Å². The smallest absolute Gasteiger partial charge is 0.250 e. The topological polar surface area (TPSA) is 89.5 Å². The van der Waals surface area contributed by atoms with E-state index in [1.165, 1.54) is 12.1 Å². The molecule has 6 nitrogen and oxygen atoms in total. The lowest BCUT2D eigenvalue weighted by Crippen LogP contribution is -2.29. The number of rotatable bonds is 6. The summed E-state index contributed by atoms with van der Waals surface area (Å²) in [7, 11) is 0. The lowest BCUT2D eigenvalue weighted by Gasteiger charge is -2.28. The van der Waals surface area contributed by atoms with Crippen molar-refractivity contribution < 1.29 is 19.0 Å². The Labute approximate surface area is 174 Å². The summed E-state index contributed by atoms with van der Waals surface area (Å²) in [6.07, 6.45) is 4.71. The third-order valence-corrected chi connectivity index (χ3v) is 5.35. The molecular weight excluding hydrogens is 385 g/mol. The van der Waals surface area contributed by atoms with Crippen LogP contribution in [0, 0.1) is 5.82 Å². The first-order valence-electron chi connectivity index (χ1n) is 9.99. The molecule has 0 bridgehead atoms. The molecule has 0 spiro atoms. The van der Waals surface area contributed by atoms with Gasteiger partial charge < -0.3 is 20.9 Å². The van der Waals surface area contributed by atoms with E-state index in [1.54, 1.807) is 30.3 Å². The van der Waals surface area contributed by atoms with Crippen LogP contribution in [0.3, 0.4) is 0 Å². The van der Waals surface area contributed by atoms with Crippen molar-refractivity contribution in [3.8, 4) is 17.3 Å². The van der Waals surface area contributed by atoms with Crippen LogP contribution in [-0.2, 0) is 0 Å². The highest BCUT2D eigenvalue weighted by molar-refractivity contribution is 5.99. The third kappa shape index (κ3) is 4.46. The van der Waals surface area contributed by atoms with Crippen LogP contribution in [0.4, 0.5) is 10.1 Å². The van der Waals surface area contributed by atoms with Gasteiger partial charge >= 0.3 is 0 Å². The average Bonchev–Trinajstić information content (AvgIpc) is 3.19. The van der Waals surface area contributed by atoms with Crippen LogP contribution in [0.2, 0.25) is 0 Å². The summed E-state index contributed by atoms with van der Waals surface area (Å²) in [6, 6.07) is 15.0. The van der Waals surface area contributed by atoms with E-state index in [4.69, 9.17) is 10.5 Å². The first kappa shape index (κ1) is 20.0. The van der Waals surface area contributed by atoms with Crippen LogP contribution >= 0.6 is 0 Å². The van der Waals surface area contributed by atoms with Gasteiger partial charge in [-0.1, -0.05) is 0 Å². The predicted molar refractivity (Wildman–Crippen MR) is 113 cm³/mol. The number of primary amides is 1. The molecule has 2 aromatic carbocycles. The van der Waals surface area contributed by atoms with E-state index in [2.05, 4.69) is 5.32 Å². The Bertz CT molecular complexity index is 1020. The van der Waals surface area contributed by atoms with Crippen LogP contribution < -0.4 is 15.8 Å². The number of aliphatic hydroxyl groups excluding tert-OH is 1. The molecule has 30 heavy (non-hydrogen) atoms. The van der Waals surface area contributed by atoms with Gasteiger partial charge in [0.1, 0.15) is 11.6 Å². The standard InChI is InChI=1S/C23H24FN3O3/c24-15-3-10-19(11-4-15)30-22-2-1-13-27(22)17-7-12-20(23(25)29)21(14-17)26-16-5-8-18(28)9-6-16/h1-4,7,10-14,16,18,26,28H,5-6,8-9H2,(H2,25,29)/t16-,18-. The number of nitrogens with two attached hydrogens (primary N) is 1. The zero-order valence-corrected chi connectivity index (χ0v) is 16.4. The molecule has 1 aromatic heterocycles. The molecular formula is C23H24FN3O3. The maximum absolute atomic E-state index is 13.2. The molecule has 1 amide bonds. The molecule has 156 valence electrons. The minimum absolute atomic E-state index is 0.168. The highest BCUT2D eigenvalue weighted by Gasteiger charge is 2.21. The van der Waals surface area contributed by atoms with E-state index in [9.17, 15) is 14.3 Å². The summed E-state index contributed by atoms with van der Waals surface area (Å²) < 4.78 is 20.9. The van der Waals surface area contributed by atoms with E-state index < -0.39 is 5.91 Å². The number of hydrogen-bond donors (Lipinski definition) is 3. The van der Waals surface area contributed by atoms with Crippen molar-refractivity contribution in [1.82, 2.24) is 4.57 Å². The number of aromatic nitrogens is 1. The maximum atomic E-state index is 13.2. The van der Waals surface area contributed by atoms with E-state index in [0.717, 1.165) is 31.4 Å². The number of hydrogen-bond acceptors (Lipinski definition) is 4. The second-order valence-electron chi connectivity index (χ2n) is 7.52. The Morgan fingerprint density at radius 1 is 1.10 bits per heavy atom. The number of benzene rings is 2. The van der Waals surface area contributed by atoms with Crippen molar-refractivity contribution in [3.63, 3.8) is 0 Å². The van der Waals surface area contributed by atoms with Crippen molar-refractivity contribution >= 4 is 11.6 Å². The van der Waals surface area contributed by atoms with E-state index in [1.807, 2.05) is 22.9 Å². The first-order chi connectivity index (χ1) is 14.5. The molecule has 7 heteroatoms. The van der Waals surface area contributed by atoms with Gasteiger partial charge in [-0.25, -0.2) is 4.39 Å². The Hall–Kier alpha value is -3.32. The largest absolute Gasteiger partial charge is 0.440 e. The number of halogens is 1. The lowest BCUT2D eigenvalue weighted by molar-refractivity contribution is 0.100. The highest BCUT2D eigenvalue weighted by Crippen LogP contribution is 2.30. The van der Waals surface area contributed by atoms with Crippen molar-refractivity contribution in [2.75, 3.05) is 5.32 Å². The van der Waals surface area contributed by atoms with Gasteiger partial charge in [-0.2, -0.15) is 0 Å². The molecule has 0 atom stereocenters. The van der Waals surface area contributed by atoms with Gasteiger partial charge in [-0.15, -0.1) is 0 Å². The van der Waals surface area contributed by atoms with Gasteiger partial charge in [0.05, 0.1) is 17.4 Å². The van der Waals surface area contributed by atoms with Gasteiger partial charge in [0.2, 0.25) is 5.88 Å². The summed E-state index contributed by atoms with van der Waals surface area (Å²) in [5.74, 6) is 0.241. The fourth-order valence-corrected chi connectivity index (χ4v) is 3.74. The zero-order valence-electron chi connectivity index (χ0n) is 16.4. The molecule has 1 fully saturated rings. The van der Waals surface area contributed by atoms with Gasteiger partial charge in [-0.05, 0) is 74.2 Å². The minimum atomic E-state index is -0.504. The van der Waals surface area contributed by atoms with Crippen LogP contribution in [-0.4, -0.2) is 27.7 Å². The van der Waals surface area contributed by atoms with Crippen molar-refractivity contribution in [1.29, 1.82) is 0 Å². The minimum Gasteiger partial charge on any atom is -0.440 e. The first-order valence-corrected chi connectivity index (χ1v) is 9.99. The van der Waals surface area contributed by atoms with Crippen molar-refractivity contribution in [3.05, 3.63) is 72.2 Å². The molecule has 0 unspecified atom stereocenters. The quantitative estimate of drug-likeness (QED) is 0.569. The zero-order chi connectivity index (χ0) is 21.1. The SMILES string of the molecule is NC(=O)c1ccc(-n2cccc2Oc2ccc(F)cc2)cc1N[C@H]1CC[C@H](O)CC1. The molecule has 4 N–H and O–H groups in total. The van der Waals surface area contributed by atoms with E-state index in [-0.39, 0.29) is 18.0 Å². The molecule has 0 aliphatic heterocycles. The second kappa shape index (κ2) is 8.59. The van der Waals surface area contributed by atoms with E-state index in [0.29, 0.717) is 22.9 Å². The maximum Gasteiger partial charge on any atom is 0.250 e. The van der Waals surface area contributed by atoms with Gasteiger partial charge in [-0.3, -0.25) is 9.36 Å². The molecule has 4 rings (SSSR count). The number of aliphatic hydroxyl groups is 1. The monoisotopic (exact) mass is 409 g/mol. The van der Waals surface area contributed by atoms with Crippen LogP contribution in [0.1, 0.15) is 36.0 Å². The normalized spacial score (nSPS) is 18.7.